The molecule has 0 aromatic rings. The molecule has 2 heteroatoms. The fraction of sp³-hybridized carbons (Fsp3) is 0.667. The van der Waals surface area contributed by atoms with Gasteiger partial charge in [0.15, 0.2) is 0 Å². The molecule has 48 valence electrons. The third kappa shape index (κ3) is 2.50. The van der Waals surface area contributed by atoms with Crippen molar-refractivity contribution in [2.24, 2.45) is 0 Å². The standard InChI is InChI=1S/C6H12O2/c1-4-6(8-3)5-7-2/h5H,4H2,1-3H3/b6-5-. The molecule has 0 atom stereocenters. The first-order chi connectivity index (χ1) is 3.85. The van der Waals surface area contributed by atoms with Crippen molar-refractivity contribution in [2.75, 3.05) is 14.2 Å². The van der Waals surface area contributed by atoms with Crippen LogP contribution in [0.3, 0.4) is 0 Å². The van der Waals surface area contributed by atoms with Crippen LogP contribution in [-0.4, -0.2) is 14.2 Å². The summed E-state index contributed by atoms with van der Waals surface area (Å²) in [6, 6.07) is 0. The molecule has 0 N–H and O–H groups in total. The predicted octanol–water partition coefficient (Wildman–Crippen LogP) is 1.53. The third-order valence-electron chi connectivity index (χ3n) is 0.860. The second-order valence-electron chi connectivity index (χ2n) is 1.38. The third-order valence-corrected chi connectivity index (χ3v) is 0.860. The summed E-state index contributed by atoms with van der Waals surface area (Å²) in [5.41, 5.74) is 0. The molecule has 0 heterocycles. The molecule has 0 bridgehead atoms. The molecule has 0 amide bonds. The smallest absolute Gasteiger partial charge is 0.130 e. The van der Waals surface area contributed by atoms with Crippen LogP contribution in [0, 0.1) is 0 Å². The van der Waals surface area contributed by atoms with Crippen LogP contribution in [0.15, 0.2) is 12.0 Å². The highest BCUT2D eigenvalue weighted by molar-refractivity contribution is 4.84. The minimum Gasteiger partial charge on any atom is -0.501 e. The summed E-state index contributed by atoms with van der Waals surface area (Å²) in [5, 5.41) is 0. The molecule has 0 fully saturated rings. The van der Waals surface area contributed by atoms with Gasteiger partial charge in [-0.25, -0.2) is 0 Å². The Hall–Kier alpha value is -0.660. The lowest BCUT2D eigenvalue weighted by molar-refractivity contribution is 0.241. The zero-order valence-electron chi connectivity index (χ0n) is 5.60. The van der Waals surface area contributed by atoms with E-state index >= 15 is 0 Å². The molecule has 0 rings (SSSR count). The van der Waals surface area contributed by atoms with Crippen molar-refractivity contribution < 1.29 is 9.47 Å². The minimum absolute atomic E-state index is 0.868. The van der Waals surface area contributed by atoms with Crippen LogP contribution in [0.4, 0.5) is 0 Å². The number of methoxy groups -OCH3 is 2. The summed E-state index contributed by atoms with van der Waals surface area (Å²) in [5.74, 6) is 0.868. The first-order valence-electron chi connectivity index (χ1n) is 2.61. The van der Waals surface area contributed by atoms with E-state index in [0.29, 0.717) is 0 Å². The summed E-state index contributed by atoms with van der Waals surface area (Å²) in [6.07, 6.45) is 2.48. The van der Waals surface area contributed by atoms with Crippen LogP contribution in [0.5, 0.6) is 0 Å². The summed E-state index contributed by atoms with van der Waals surface area (Å²) in [7, 11) is 3.24. The van der Waals surface area contributed by atoms with Crippen LogP contribution in [0.25, 0.3) is 0 Å². The van der Waals surface area contributed by atoms with Gasteiger partial charge in [0.2, 0.25) is 0 Å². The van der Waals surface area contributed by atoms with Gasteiger partial charge in [-0.3, -0.25) is 0 Å². The molecule has 0 radical (unpaired) electrons. The molecule has 0 aromatic heterocycles. The van der Waals surface area contributed by atoms with Crippen LogP contribution in [0.1, 0.15) is 13.3 Å². The van der Waals surface area contributed by atoms with Gasteiger partial charge in [-0.15, -0.1) is 0 Å². The molecule has 0 saturated heterocycles. The van der Waals surface area contributed by atoms with Gasteiger partial charge < -0.3 is 9.47 Å². The minimum atomic E-state index is 0.868. The number of ether oxygens (including phenoxy) is 2. The Labute approximate surface area is 50.1 Å². The van der Waals surface area contributed by atoms with Gasteiger partial charge in [0.1, 0.15) is 12.0 Å². The highest BCUT2D eigenvalue weighted by Gasteiger charge is 1.86. The first-order valence-corrected chi connectivity index (χ1v) is 2.61. The van der Waals surface area contributed by atoms with Crippen molar-refractivity contribution in [3.63, 3.8) is 0 Å². The van der Waals surface area contributed by atoms with Crippen molar-refractivity contribution >= 4 is 0 Å². The van der Waals surface area contributed by atoms with Crippen LogP contribution < -0.4 is 0 Å². The van der Waals surface area contributed by atoms with Gasteiger partial charge in [0, 0.05) is 6.42 Å². The molecule has 0 unspecified atom stereocenters. The van der Waals surface area contributed by atoms with E-state index < -0.39 is 0 Å². The second-order valence-corrected chi connectivity index (χ2v) is 1.38. The summed E-state index contributed by atoms with van der Waals surface area (Å²) >= 11 is 0. The number of hydrogen-bond donors (Lipinski definition) is 0. The van der Waals surface area contributed by atoms with Crippen molar-refractivity contribution in [3.8, 4) is 0 Å². The lowest BCUT2D eigenvalue weighted by Crippen LogP contribution is -1.83. The topological polar surface area (TPSA) is 18.5 Å². The second kappa shape index (κ2) is 4.50. The lowest BCUT2D eigenvalue weighted by Gasteiger charge is -1.99. The zero-order valence-corrected chi connectivity index (χ0v) is 5.60. The van der Waals surface area contributed by atoms with Crippen molar-refractivity contribution in [1.29, 1.82) is 0 Å². The Balaban J connectivity index is 3.49. The lowest BCUT2D eigenvalue weighted by atomic mass is 10.4. The van der Waals surface area contributed by atoms with Gasteiger partial charge in [0.25, 0.3) is 0 Å². The summed E-state index contributed by atoms with van der Waals surface area (Å²) in [6.45, 7) is 2.01. The normalized spacial score (nSPS) is 11.1. The van der Waals surface area contributed by atoms with E-state index in [1.807, 2.05) is 6.92 Å². The van der Waals surface area contributed by atoms with E-state index in [0.717, 1.165) is 12.2 Å². The molecule has 0 aromatic carbocycles. The maximum atomic E-state index is 4.88. The van der Waals surface area contributed by atoms with E-state index in [4.69, 9.17) is 9.47 Å². The maximum absolute atomic E-state index is 4.88. The molecule has 0 aliphatic heterocycles. The highest BCUT2D eigenvalue weighted by atomic mass is 16.5. The summed E-state index contributed by atoms with van der Waals surface area (Å²) < 4.78 is 9.57. The molecule has 0 spiro atoms. The van der Waals surface area contributed by atoms with Gasteiger partial charge in [-0.05, 0) is 0 Å². The highest BCUT2D eigenvalue weighted by Crippen LogP contribution is 1.98. The van der Waals surface area contributed by atoms with E-state index in [-0.39, 0.29) is 0 Å². The van der Waals surface area contributed by atoms with Crippen molar-refractivity contribution in [2.45, 2.75) is 13.3 Å². The Bertz CT molecular complexity index is 70.6. The molecule has 0 aliphatic carbocycles. The zero-order chi connectivity index (χ0) is 6.41. The average molecular weight is 116 g/mol. The van der Waals surface area contributed by atoms with Crippen LogP contribution >= 0.6 is 0 Å². The van der Waals surface area contributed by atoms with Gasteiger partial charge in [-0.1, -0.05) is 6.92 Å². The molecule has 0 aliphatic rings. The Morgan fingerprint density at radius 2 is 2.12 bits per heavy atom. The molecule has 8 heavy (non-hydrogen) atoms. The molecular weight excluding hydrogens is 104 g/mol. The van der Waals surface area contributed by atoms with Crippen molar-refractivity contribution in [3.05, 3.63) is 12.0 Å². The van der Waals surface area contributed by atoms with Crippen LogP contribution in [0.2, 0.25) is 0 Å². The summed E-state index contributed by atoms with van der Waals surface area (Å²) in [4.78, 5) is 0. The quantitative estimate of drug-likeness (QED) is 0.520. The van der Waals surface area contributed by atoms with Gasteiger partial charge in [0.05, 0.1) is 14.2 Å². The van der Waals surface area contributed by atoms with Crippen LogP contribution in [-0.2, 0) is 9.47 Å². The largest absolute Gasteiger partial charge is 0.501 e. The SMILES string of the molecule is CC/C(=C/OC)OC. The fourth-order valence-electron chi connectivity index (χ4n) is 0.407. The Morgan fingerprint density at radius 1 is 1.50 bits per heavy atom. The monoisotopic (exact) mass is 116 g/mol. The molecule has 0 saturated carbocycles. The van der Waals surface area contributed by atoms with E-state index in [2.05, 4.69) is 0 Å². The predicted molar refractivity (Wildman–Crippen MR) is 32.4 cm³/mol. The van der Waals surface area contributed by atoms with E-state index in [9.17, 15) is 0 Å². The average Bonchev–Trinajstić information content (AvgIpc) is 1.83. The van der Waals surface area contributed by atoms with Gasteiger partial charge in [-0.2, -0.15) is 0 Å². The number of hydrogen-bond acceptors (Lipinski definition) is 2. The van der Waals surface area contributed by atoms with Crippen molar-refractivity contribution in [1.82, 2.24) is 0 Å². The first kappa shape index (κ1) is 7.34. The van der Waals surface area contributed by atoms with E-state index in [1.165, 1.54) is 0 Å². The number of rotatable bonds is 3. The molecule has 2 nitrogen and oxygen atoms in total. The number of allylic oxidation sites excluding steroid dienone is 1. The van der Waals surface area contributed by atoms with E-state index in [1.54, 1.807) is 20.5 Å². The Kier molecular flexibility index (Phi) is 4.13. The fourth-order valence-corrected chi connectivity index (χ4v) is 0.407. The Morgan fingerprint density at radius 3 is 2.25 bits per heavy atom. The van der Waals surface area contributed by atoms with Gasteiger partial charge >= 0.3 is 0 Å². The maximum Gasteiger partial charge on any atom is 0.130 e. The molecular formula is C6H12O2.